The van der Waals surface area contributed by atoms with Gasteiger partial charge in [0.1, 0.15) is 0 Å². The topological polar surface area (TPSA) is 90.2 Å². The number of nitrogens with zero attached hydrogens (tertiary/aromatic N) is 1. The van der Waals surface area contributed by atoms with Gasteiger partial charge in [0.05, 0.1) is 30.9 Å². The number of rotatable bonds is 5. The predicted molar refractivity (Wildman–Crippen MR) is 68.1 cm³/mol. The standard InChI is InChI=1S/C12H15N3O3/c1-17-10-5-8-9(14-7-15-12(8)16)6-11(10)18-4-2-3-13/h5-7H,2-4,13H2,1H3,(H,14,15,16). The van der Waals surface area contributed by atoms with E-state index >= 15 is 0 Å². The van der Waals surface area contributed by atoms with E-state index in [2.05, 4.69) is 9.97 Å². The molecule has 0 radical (unpaired) electrons. The Morgan fingerprint density at radius 2 is 2.22 bits per heavy atom. The molecule has 6 heteroatoms. The van der Waals surface area contributed by atoms with Gasteiger partial charge in [-0.25, -0.2) is 4.98 Å². The molecule has 18 heavy (non-hydrogen) atoms. The normalized spacial score (nSPS) is 10.6. The minimum absolute atomic E-state index is 0.202. The number of fused-ring (bicyclic) bond motifs is 1. The van der Waals surface area contributed by atoms with Crippen LogP contribution in [0.15, 0.2) is 23.3 Å². The molecule has 2 rings (SSSR count). The zero-order valence-electron chi connectivity index (χ0n) is 10.1. The van der Waals surface area contributed by atoms with E-state index in [1.807, 2.05) is 0 Å². The van der Waals surface area contributed by atoms with E-state index in [0.29, 0.717) is 35.6 Å². The molecule has 0 unspecified atom stereocenters. The third-order valence-electron chi connectivity index (χ3n) is 2.53. The van der Waals surface area contributed by atoms with Crippen molar-refractivity contribution in [1.29, 1.82) is 0 Å². The first kappa shape index (κ1) is 12.4. The fourth-order valence-electron chi connectivity index (χ4n) is 1.61. The molecule has 0 fully saturated rings. The van der Waals surface area contributed by atoms with E-state index in [1.165, 1.54) is 13.4 Å². The van der Waals surface area contributed by atoms with Crippen LogP contribution < -0.4 is 20.8 Å². The average molecular weight is 249 g/mol. The maximum atomic E-state index is 11.6. The Hall–Kier alpha value is -2.08. The highest BCUT2D eigenvalue weighted by Crippen LogP contribution is 2.30. The van der Waals surface area contributed by atoms with Crippen molar-refractivity contribution in [3.8, 4) is 11.5 Å². The van der Waals surface area contributed by atoms with Crippen LogP contribution in [-0.4, -0.2) is 30.2 Å². The Balaban J connectivity index is 2.43. The van der Waals surface area contributed by atoms with Crippen LogP contribution in [0.25, 0.3) is 10.9 Å². The molecule has 0 amide bonds. The number of ether oxygens (including phenoxy) is 2. The fourth-order valence-corrected chi connectivity index (χ4v) is 1.61. The van der Waals surface area contributed by atoms with Gasteiger partial charge in [-0.1, -0.05) is 0 Å². The maximum absolute atomic E-state index is 11.6. The van der Waals surface area contributed by atoms with Gasteiger partial charge in [-0.2, -0.15) is 0 Å². The molecule has 1 heterocycles. The lowest BCUT2D eigenvalue weighted by atomic mass is 10.2. The molecule has 6 nitrogen and oxygen atoms in total. The molecule has 0 bridgehead atoms. The van der Waals surface area contributed by atoms with Crippen LogP contribution in [0.5, 0.6) is 11.5 Å². The zero-order chi connectivity index (χ0) is 13.0. The molecule has 1 aromatic carbocycles. The van der Waals surface area contributed by atoms with Crippen molar-refractivity contribution in [3.05, 3.63) is 28.8 Å². The monoisotopic (exact) mass is 249 g/mol. The van der Waals surface area contributed by atoms with Gasteiger partial charge in [0, 0.05) is 6.07 Å². The van der Waals surface area contributed by atoms with E-state index in [9.17, 15) is 4.79 Å². The van der Waals surface area contributed by atoms with E-state index in [4.69, 9.17) is 15.2 Å². The molecule has 96 valence electrons. The summed E-state index contributed by atoms with van der Waals surface area (Å²) in [6.07, 6.45) is 2.12. The summed E-state index contributed by atoms with van der Waals surface area (Å²) in [4.78, 5) is 18.2. The van der Waals surface area contributed by atoms with Gasteiger partial charge in [-0.15, -0.1) is 0 Å². The van der Waals surface area contributed by atoms with Crippen LogP contribution in [0.3, 0.4) is 0 Å². The van der Waals surface area contributed by atoms with Gasteiger partial charge in [0.15, 0.2) is 11.5 Å². The number of aromatic amines is 1. The third-order valence-corrected chi connectivity index (χ3v) is 2.53. The lowest BCUT2D eigenvalue weighted by molar-refractivity contribution is 0.292. The number of hydrogen-bond acceptors (Lipinski definition) is 5. The number of aromatic nitrogens is 2. The molecule has 0 saturated carbocycles. The first-order valence-corrected chi connectivity index (χ1v) is 5.64. The number of methoxy groups -OCH3 is 1. The van der Waals surface area contributed by atoms with Crippen molar-refractivity contribution < 1.29 is 9.47 Å². The van der Waals surface area contributed by atoms with Gasteiger partial charge < -0.3 is 20.2 Å². The van der Waals surface area contributed by atoms with Gasteiger partial charge in [-0.3, -0.25) is 4.79 Å². The van der Waals surface area contributed by atoms with Gasteiger partial charge >= 0.3 is 0 Å². The second-order valence-electron chi connectivity index (χ2n) is 3.74. The van der Waals surface area contributed by atoms with Crippen LogP contribution >= 0.6 is 0 Å². The molecule has 0 aliphatic carbocycles. The van der Waals surface area contributed by atoms with Crippen molar-refractivity contribution in [2.45, 2.75) is 6.42 Å². The number of H-pyrrole nitrogens is 1. The summed E-state index contributed by atoms with van der Waals surface area (Å²) in [5.74, 6) is 1.08. The summed E-state index contributed by atoms with van der Waals surface area (Å²) >= 11 is 0. The second-order valence-corrected chi connectivity index (χ2v) is 3.74. The SMILES string of the molecule is COc1cc2c(=O)[nH]cnc2cc1OCCCN. The predicted octanol–water partition coefficient (Wildman–Crippen LogP) is 0.659. The van der Waals surface area contributed by atoms with E-state index in [1.54, 1.807) is 12.1 Å². The molecular weight excluding hydrogens is 234 g/mol. The van der Waals surface area contributed by atoms with Gasteiger partial charge in [0.25, 0.3) is 5.56 Å². The first-order chi connectivity index (χ1) is 8.76. The highest BCUT2D eigenvalue weighted by Gasteiger charge is 2.09. The first-order valence-electron chi connectivity index (χ1n) is 5.64. The lowest BCUT2D eigenvalue weighted by Crippen LogP contribution is -2.09. The van der Waals surface area contributed by atoms with Crippen LogP contribution in [0.4, 0.5) is 0 Å². The van der Waals surface area contributed by atoms with Crippen LogP contribution in [0.2, 0.25) is 0 Å². The molecular formula is C12H15N3O3. The smallest absolute Gasteiger partial charge is 0.258 e. The van der Waals surface area contributed by atoms with Crippen molar-refractivity contribution in [2.24, 2.45) is 5.73 Å². The molecule has 2 aromatic rings. The quantitative estimate of drug-likeness (QED) is 0.760. The highest BCUT2D eigenvalue weighted by molar-refractivity contribution is 5.81. The number of benzene rings is 1. The largest absolute Gasteiger partial charge is 0.493 e. The van der Waals surface area contributed by atoms with Crippen LogP contribution in [0.1, 0.15) is 6.42 Å². The highest BCUT2D eigenvalue weighted by atomic mass is 16.5. The van der Waals surface area contributed by atoms with Crippen molar-refractivity contribution in [1.82, 2.24) is 9.97 Å². The summed E-state index contributed by atoms with van der Waals surface area (Å²) < 4.78 is 10.8. The summed E-state index contributed by atoms with van der Waals surface area (Å²) in [6.45, 7) is 1.06. The van der Waals surface area contributed by atoms with E-state index in [-0.39, 0.29) is 5.56 Å². The van der Waals surface area contributed by atoms with Crippen molar-refractivity contribution >= 4 is 10.9 Å². The number of nitrogens with one attached hydrogen (secondary N) is 1. The Morgan fingerprint density at radius 1 is 1.39 bits per heavy atom. The molecule has 0 aliphatic rings. The van der Waals surface area contributed by atoms with Gasteiger partial charge in [-0.05, 0) is 19.0 Å². The summed E-state index contributed by atoms with van der Waals surface area (Å²) in [7, 11) is 1.53. The van der Waals surface area contributed by atoms with Crippen molar-refractivity contribution in [2.75, 3.05) is 20.3 Å². The van der Waals surface area contributed by atoms with E-state index < -0.39 is 0 Å². The Kier molecular flexibility index (Phi) is 3.78. The summed E-state index contributed by atoms with van der Waals surface area (Å²) in [6, 6.07) is 3.32. The molecule has 0 saturated heterocycles. The minimum atomic E-state index is -0.202. The summed E-state index contributed by atoms with van der Waals surface area (Å²) in [5, 5.41) is 0.473. The second kappa shape index (κ2) is 5.50. The average Bonchev–Trinajstić information content (AvgIpc) is 2.39. The zero-order valence-corrected chi connectivity index (χ0v) is 10.1. The minimum Gasteiger partial charge on any atom is -0.493 e. The molecule has 3 N–H and O–H groups in total. The molecule has 0 aliphatic heterocycles. The Labute approximate surface area is 104 Å². The lowest BCUT2D eigenvalue weighted by Gasteiger charge is -2.10. The molecule has 0 atom stereocenters. The van der Waals surface area contributed by atoms with Crippen LogP contribution in [-0.2, 0) is 0 Å². The maximum Gasteiger partial charge on any atom is 0.258 e. The fraction of sp³-hybridized carbons (Fsp3) is 0.333. The van der Waals surface area contributed by atoms with Crippen molar-refractivity contribution in [3.63, 3.8) is 0 Å². The Bertz CT molecular complexity index is 595. The number of nitrogens with two attached hydrogens (primary N) is 1. The summed E-state index contributed by atoms with van der Waals surface area (Å²) in [5.41, 5.74) is 5.77. The Morgan fingerprint density at radius 3 is 2.94 bits per heavy atom. The van der Waals surface area contributed by atoms with Crippen LogP contribution in [0, 0.1) is 0 Å². The molecule has 0 spiro atoms. The van der Waals surface area contributed by atoms with Gasteiger partial charge in [0.2, 0.25) is 0 Å². The molecule has 1 aromatic heterocycles. The third kappa shape index (κ3) is 2.43. The number of hydrogen-bond donors (Lipinski definition) is 2. The van der Waals surface area contributed by atoms with E-state index in [0.717, 1.165) is 6.42 Å².